The van der Waals surface area contributed by atoms with Crippen LogP contribution in [0.15, 0.2) is 24.3 Å². The van der Waals surface area contributed by atoms with Crippen LogP contribution in [0.25, 0.3) is 0 Å². The molecular formula is C15H23FN4O3. The van der Waals surface area contributed by atoms with Crippen LogP contribution in [0.3, 0.4) is 0 Å². The molecule has 1 aromatic heterocycles. The standard InChI is InChI=1S/C15H23FN4O3/c1-4-18-13(21)12-8-19-20(10-12)9-11(7-16)5-6-15(2,3)23-14(17)22/h7-8,10H,4-6,9H2,1-3H3,(H2,17,22)(H,18,21)/b11-7+. The van der Waals surface area contributed by atoms with Gasteiger partial charge in [-0.2, -0.15) is 5.10 Å². The summed E-state index contributed by atoms with van der Waals surface area (Å²) in [5.74, 6) is -0.222. The summed E-state index contributed by atoms with van der Waals surface area (Å²) in [6.07, 6.45) is 3.41. The summed E-state index contributed by atoms with van der Waals surface area (Å²) in [6.45, 7) is 5.96. The van der Waals surface area contributed by atoms with Crippen LogP contribution < -0.4 is 11.1 Å². The van der Waals surface area contributed by atoms with Crippen LogP contribution in [0.5, 0.6) is 0 Å². The molecule has 128 valence electrons. The second-order valence-electron chi connectivity index (χ2n) is 5.73. The third kappa shape index (κ3) is 6.50. The molecule has 7 nitrogen and oxygen atoms in total. The van der Waals surface area contributed by atoms with Crippen LogP contribution in [0.1, 0.15) is 44.0 Å². The summed E-state index contributed by atoms with van der Waals surface area (Å²) in [5, 5.41) is 6.71. The van der Waals surface area contributed by atoms with Crippen molar-refractivity contribution in [3.63, 3.8) is 0 Å². The molecule has 0 radical (unpaired) electrons. The molecule has 0 aliphatic heterocycles. The number of ether oxygens (including phenoxy) is 1. The van der Waals surface area contributed by atoms with Gasteiger partial charge in [0.2, 0.25) is 0 Å². The van der Waals surface area contributed by atoms with Gasteiger partial charge in [-0.05, 0) is 39.2 Å². The second kappa shape index (κ2) is 8.30. The van der Waals surface area contributed by atoms with Gasteiger partial charge >= 0.3 is 6.09 Å². The molecule has 0 saturated heterocycles. The number of nitrogens with one attached hydrogen (secondary N) is 1. The highest BCUT2D eigenvalue weighted by molar-refractivity contribution is 5.93. The van der Waals surface area contributed by atoms with Crippen molar-refractivity contribution in [2.75, 3.05) is 6.54 Å². The lowest BCUT2D eigenvalue weighted by molar-refractivity contribution is 0.0391. The molecule has 0 saturated carbocycles. The average molecular weight is 326 g/mol. The van der Waals surface area contributed by atoms with E-state index in [9.17, 15) is 14.0 Å². The van der Waals surface area contributed by atoms with Gasteiger partial charge in [-0.15, -0.1) is 0 Å². The number of rotatable bonds is 8. The minimum atomic E-state index is -0.862. The average Bonchev–Trinajstić information content (AvgIpc) is 2.91. The van der Waals surface area contributed by atoms with Crippen molar-refractivity contribution in [2.24, 2.45) is 5.73 Å². The Labute approximate surface area is 134 Å². The monoisotopic (exact) mass is 326 g/mol. The third-order valence-corrected chi connectivity index (χ3v) is 3.18. The van der Waals surface area contributed by atoms with Crippen LogP contribution in [0, 0.1) is 0 Å². The fraction of sp³-hybridized carbons (Fsp3) is 0.533. The lowest BCUT2D eigenvalue weighted by atomic mass is 9.99. The highest BCUT2D eigenvalue weighted by Gasteiger charge is 2.22. The summed E-state index contributed by atoms with van der Waals surface area (Å²) in [4.78, 5) is 22.5. The molecule has 1 heterocycles. The first-order chi connectivity index (χ1) is 10.8. The van der Waals surface area contributed by atoms with E-state index in [1.54, 1.807) is 20.0 Å². The number of amides is 2. The van der Waals surface area contributed by atoms with E-state index in [-0.39, 0.29) is 12.5 Å². The van der Waals surface area contributed by atoms with Crippen LogP contribution in [-0.2, 0) is 11.3 Å². The first-order valence-corrected chi connectivity index (χ1v) is 7.34. The predicted octanol–water partition coefficient (Wildman–Crippen LogP) is 2.14. The number of nitrogens with two attached hydrogens (primary N) is 1. The van der Waals surface area contributed by atoms with Gasteiger partial charge in [-0.3, -0.25) is 9.48 Å². The van der Waals surface area contributed by atoms with Gasteiger partial charge in [0, 0.05) is 12.7 Å². The molecule has 0 unspecified atom stereocenters. The van der Waals surface area contributed by atoms with E-state index in [4.69, 9.17) is 10.5 Å². The van der Waals surface area contributed by atoms with E-state index in [0.29, 0.717) is 36.9 Å². The molecule has 0 aromatic carbocycles. The fourth-order valence-electron chi connectivity index (χ4n) is 1.99. The number of carbonyl (C=O) groups is 2. The molecule has 23 heavy (non-hydrogen) atoms. The molecule has 0 aliphatic carbocycles. The Morgan fingerprint density at radius 2 is 2.22 bits per heavy atom. The normalized spacial score (nSPS) is 12.1. The van der Waals surface area contributed by atoms with Crippen molar-refractivity contribution in [3.05, 3.63) is 29.9 Å². The quantitative estimate of drug-likeness (QED) is 0.764. The first kappa shape index (κ1) is 18.7. The lowest BCUT2D eigenvalue weighted by Crippen LogP contribution is -2.31. The number of hydrogen-bond donors (Lipinski definition) is 2. The molecule has 1 rings (SSSR count). The molecule has 1 aromatic rings. The summed E-state index contributed by atoms with van der Waals surface area (Å²) in [6, 6.07) is 0. The Hall–Kier alpha value is -2.38. The first-order valence-electron chi connectivity index (χ1n) is 7.34. The Morgan fingerprint density at radius 1 is 1.52 bits per heavy atom. The molecule has 2 amide bonds. The van der Waals surface area contributed by atoms with E-state index in [1.807, 2.05) is 6.92 Å². The van der Waals surface area contributed by atoms with Crippen LogP contribution in [-0.4, -0.2) is 33.9 Å². The maximum Gasteiger partial charge on any atom is 0.405 e. The van der Waals surface area contributed by atoms with Crippen molar-refractivity contribution in [3.8, 4) is 0 Å². The van der Waals surface area contributed by atoms with E-state index >= 15 is 0 Å². The number of aromatic nitrogens is 2. The van der Waals surface area contributed by atoms with Gasteiger partial charge in [-0.1, -0.05) is 0 Å². The zero-order valence-electron chi connectivity index (χ0n) is 13.6. The minimum absolute atomic E-state index is 0.211. The minimum Gasteiger partial charge on any atom is -0.444 e. The summed E-state index contributed by atoms with van der Waals surface area (Å²) in [5.41, 5.74) is 5.10. The van der Waals surface area contributed by atoms with Crippen LogP contribution in [0.4, 0.5) is 9.18 Å². The van der Waals surface area contributed by atoms with Crippen LogP contribution in [0.2, 0.25) is 0 Å². The summed E-state index contributed by atoms with van der Waals surface area (Å²) < 4.78 is 19.5. The zero-order chi connectivity index (χ0) is 17.5. The summed E-state index contributed by atoms with van der Waals surface area (Å²) >= 11 is 0. The Morgan fingerprint density at radius 3 is 2.78 bits per heavy atom. The third-order valence-electron chi connectivity index (χ3n) is 3.18. The molecule has 0 spiro atoms. The highest BCUT2D eigenvalue weighted by Crippen LogP contribution is 2.21. The van der Waals surface area contributed by atoms with Crippen molar-refractivity contribution in [2.45, 2.75) is 45.8 Å². The van der Waals surface area contributed by atoms with Gasteiger partial charge in [0.1, 0.15) is 5.60 Å². The van der Waals surface area contributed by atoms with Crippen molar-refractivity contribution < 1.29 is 18.7 Å². The van der Waals surface area contributed by atoms with Crippen molar-refractivity contribution in [1.29, 1.82) is 0 Å². The molecule has 0 fully saturated rings. The van der Waals surface area contributed by atoms with Crippen molar-refractivity contribution in [1.82, 2.24) is 15.1 Å². The maximum absolute atomic E-state index is 13.1. The Bertz CT molecular complexity index is 581. The molecular weight excluding hydrogens is 303 g/mol. The number of nitrogens with zero attached hydrogens (tertiary/aromatic N) is 2. The number of halogens is 1. The Kier molecular flexibility index (Phi) is 6.74. The summed E-state index contributed by atoms with van der Waals surface area (Å²) in [7, 11) is 0. The van der Waals surface area contributed by atoms with Gasteiger partial charge < -0.3 is 15.8 Å². The fourth-order valence-corrected chi connectivity index (χ4v) is 1.99. The topological polar surface area (TPSA) is 99.2 Å². The SMILES string of the molecule is CCNC(=O)c1cnn(C/C(=C/F)CCC(C)(C)OC(N)=O)c1. The molecule has 0 atom stereocenters. The van der Waals surface area contributed by atoms with Gasteiger partial charge in [-0.25, -0.2) is 9.18 Å². The molecule has 8 heteroatoms. The van der Waals surface area contributed by atoms with E-state index in [2.05, 4.69) is 10.4 Å². The maximum atomic E-state index is 13.1. The number of allylic oxidation sites excluding steroid dienone is 1. The molecule has 0 bridgehead atoms. The number of primary amides is 1. The lowest BCUT2D eigenvalue weighted by Gasteiger charge is -2.24. The largest absolute Gasteiger partial charge is 0.444 e. The van der Waals surface area contributed by atoms with E-state index in [0.717, 1.165) is 0 Å². The Balaban J connectivity index is 2.61. The number of hydrogen-bond acceptors (Lipinski definition) is 4. The number of carbonyl (C=O) groups excluding carboxylic acids is 2. The second-order valence-corrected chi connectivity index (χ2v) is 5.73. The smallest absolute Gasteiger partial charge is 0.405 e. The van der Waals surface area contributed by atoms with Crippen molar-refractivity contribution >= 4 is 12.0 Å². The highest BCUT2D eigenvalue weighted by atomic mass is 19.1. The van der Waals surface area contributed by atoms with Gasteiger partial charge in [0.25, 0.3) is 5.91 Å². The predicted molar refractivity (Wildman–Crippen MR) is 83.4 cm³/mol. The zero-order valence-corrected chi connectivity index (χ0v) is 13.6. The van der Waals surface area contributed by atoms with E-state index in [1.165, 1.54) is 10.9 Å². The van der Waals surface area contributed by atoms with Gasteiger partial charge in [0.15, 0.2) is 0 Å². The molecule has 3 N–H and O–H groups in total. The van der Waals surface area contributed by atoms with Crippen LogP contribution >= 0.6 is 0 Å². The van der Waals surface area contributed by atoms with Gasteiger partial charge in [0.05, 0.1) is 24.6 Å². The molecule has 0 aliphatic rings. The van der Waals surface area contributed by atoms with E-state index < -0.39 is 11.7 Å².